The molecular formula is C43H15BCl3F19Si. The van der Waals surface area contributed by atoms with E-state index in [0.29, 0.717) is 0 Å². The SMILES string of the molecule is Fc1c(F)c(F)c([B-](c2c(F)c(F)c(F)c(F)c2F)(c2c(F)c(F)c(F)c(F)c2F)c2c(F)c(F)c([Si](Cl)(Cl)Cl)c(F)c2F)c(F)c1F.c1ccc([C+](c2ccccc2)c2ccccc2)cc1. The lowest BCUT2D eigenvalue weighted by atomic mass is 9.12. The van der Waals surface area contributed by atoms with Gasteiger partial charge in [0.1, 0.15) is 52.7 Å². The van der Waals surface area contributed by atoms with Gasteiger partial charge in [-0.15, -0.1) is 55.1 Å². The van der Waals surface area contributed by atoms with Gasteiger partial charge in [-0.2, -0.15) is 0 Å². The average molecular weight is 1040 g/mol. The second-order valence-corrected chi connectivity index (χ2v) is 22.2. The first-order valence-corrected chi connectivity index (χ1v) is 23.1. The topological polar surface area (TPSA) is 0 Å². The summed E-state index contributed by atoms with van der Waals surface area (Å²) in [7, 11) is 0. The monoisotopic (exact) mass is 1040 g/mol. The van der Waals surface area contributed by atoms with E-state index in [-0.39, 0.29) is 0 Å². The summed E-state index contributed by atoms with van der Waals surface area (Å²) in [6.45, 7) is 0. The molecule has 0 atom stereocenters. The summed E-state index contributed by atoms with van der Waals surface area (Å²) in [6.07, 6.45) is -7.20. The number of rotatable bonds is 8. The van der Waals surface area contributed by atoms with Gasteiger partial charge in [-0.1, -0.05) is 18.2 Å². The van der Waals surface area contributed by atoms with Gasteiger partial charge in [0.25, 0.3) is 0 Å². The summed E-state index contributed by atoms with van der Waals surface area (Å²) >= 11 is 16.0. The van der Waals surface area contributed by atoms with E-state index in [2.05, 4.69) is 91.0 Å². The van der Waals surface area contributed by atoms with Crippen LogP contribution in [0.15, 0.2) is 91.0 Å². The third-order valence-electron chi connectivity index (χ3n) is 10.2. The van der Waals surface area contributed by atoms with Crippen molar-refractivity contribution in [2.75, 3.05) is 0 Å². The van der Waals surface area contributed by atoms with Crippen molar-refractivity contribution in [3.05, 3.63) is 224 Å². The Morgan fingerprint density at radius 2 is 0.448 bits per heavy atom. The summed E-state index contributed by atoms with van der Waals surface area (Å²) in [5, 5.41) is -2.33. The predicted molar refractivity (Wildman–Crippen MR) is 212 cm³/mol. The van der Waals surface area contributed by atoms with Crippen LogP contribution in [0, 0.1) is 116 Å². The van der Waals surface area contributed by atoms with Gasteiger partial charge in [0.15, 0.2) is 64.0 Å². The molecule has 67 heavy (non-hydrogen) atoms. The molecular weight excluding hydrogens is 1020 g/mol. The molecule has 348 valence electrons. The summed E-state index contributed by atoms with van der Waals surface area (Å²) in [5.74, 6) is -65.5. The van der Waals surface area contributed by atoms with Gasteiger partial charge in [-0.25, -0.2) is 83.4 Å². The molecule has 7 aromatic rings. The van der Waals surface area contributed by atoms with E-state index in [9.17, 15) is 39.5 Å². The highest BCUT2D eigenvalue weighted by atomic mass is 35.8. The molecule has 7 aromatic carbocycles. The van der Waals surface area contributed by atoms with Gasteiger partial charge in [-0.3, -0.25) is 0 Å². The van der Waals surface area contributed by atoms with Crippen molar-refractivity contribution >= 4 is 72.4 Å². The van der Waals surface area contributed by atoms with Crippen LogP contribution in [0.2, 0.25) is 0 Å². The molecule has 0 aromatic heterocycles. The molecule has 0 amide bonds. The quantitative estimate of drug-likeness (QED) is 0.0271. The number of halogens is 22. The third-order valence-corrected chi connectivity index (χ3v) is 12.9. The van der Waals surface area contributed by atoms with Crippen molar-refractivity contribution in [3.63, 3.8) is 0 Å². The minimum absolute atomic E-state index is 1.25. The van der Waals surface area contributed by atoms with E-state index in [1.807, 2.05) is 0 Å². The first kappa shape index (κ1) is 50.6. The highest BCUT2D eigenvalue weighted by molar-refractivity contribution is 7.69. The number of benzene rings is 7. The maximum Gasteiger partial charge on any atom is 0.379 e. The van der Waals surface area contributed by atoms with E-state index in [4.69, 9.17) is 33.2 Å². The van der Waals surface area contributed by atoms with Crippen LogP contribution in [0.4, 0.5) is 83.4 Å². The van der Waals surface area contributed by atoms with E-state index in [0.717, 1.165) is 0 Å². The predicted octanol–water partition coefficient (Wildman–Crippen LogP) is 11.3. The summed E-state index contributed by atoms with van der Waals surface area (Å²) < 4.78 is 286. The Balaban J connectivity index is 0.000000321. The van der Waals surface area contributed by atoms with E-state index >= 15 is 43.9 Å². The lowest BCUT2D eigenvalue weighted by Crippen LogP contribution is -2.81. The van der Waals surface area contributed by atoms with E-state index in [1.54, 1.807) is 0 Å². The van der Waals surface area contributed by atoms with Crippen LogP contribution in [0.1, 0.15) is 16.7 Å². The minimum atomic E-state index is -7.20. The van der Waals surface area contributed by atoms with Crippen LogP contribution in [0.25, 0.3) is 0 Å². The second kappa shape index (κ2) is 19.1. The minimum Gasteiger partial charge on any atom is -0.207 e. The summed E-state index contributed by atoms with van der Waals surface area (Å²) in [5.41, 5.74) is -10.4. The molecule has 0 unspecified atom stereocenters. The Kier molecular flexibility index (Phi) is 14.4. The maximum absolute atomic E-state index is 16.0. The standard InChI is InChI=1S/C24BCl3F19Si.C19H15/c26-48(27,28)24-22(46)11(35)4(12(36)23(24)47)25(1-5(29)13(37)19(43)14(38)6(1)30,2-7(31)15(39)20(44)16(40)8(2)32)3-9(33)17(41)21(45)18(42)10(3)34;1-4-10-16(11-5-1)19(17-12-6-2-7-13-17)18-14-8-3-9-15-18/h;1-15H/q-1;+1. The number of hydrogen-bond acceptors (Lipinski definition) is 0. The van der Waals surface area contributed by atoms with Crippen LogP contribution < -0.4 is 27.0 Å². The van der Waals surface area contributed by atoms with Crippen LogP contribution >= 0.6 is 33.2 Å². The summed E-state index contributed by atoms with van der Waals surface area (Å²) in [6, 6.07) is 26.2. The lowest BCUT2D eigenvalue weighted by molar-refractivity contribution is 0.379. The molecule has 0 spiro atoms. The van der Waals surface area contributed by atoms with Crippen LogP contribution in [-0.4, -0.2) is 12.1 Å². The Hall–Kier alpha value is -5.77. The van der Waals surface area contributed by atoms with Crippen molar-refractivity contribution in [1.82, 2.24) is 0 Å². The molecule has 0 radical (unpaired) electrons. The molecule has 0 N–H and O–H groups in total. The molecule has 7 rings (SSSR count). The molecule has 0 aliphatic carbocycles. The Morgan fingerprint density at radius 3 is 0.642 bits per heavy atom. The van der Waals surface area contributed by atoms with Crippen molar-refractivity contribution in [1.29, 1.82) is 0 Å². The van der Waals surface area contributed by atoms with Crippen molar-refractivity contribution in [2.45, 2.75) is 0 Å². The Bertz CT molecular complexity index is 2690. The molecule has 0 bridgehead atoms. The van der Waals surface area contributed by atoms with Crippen LogP contribution in [0.5, 0.6) is 0 Å². The van der Waals surface area contributed by atoms with E-state index < -0.39 is 150 Å². The zero-order valence-electron chi connectivity index (χ0n) is 32.1. The molecule has 0 fully saturated rings. The molecule has 0 nitrogen and oxygen atoms in total. The van der Waals surface area contributed by atoms with Crippen LogP contribution in [-0.2, 0) is 0 Å². The van der Waals surface area contributed by atoms with Gasteiger partial charge in [0.2, 0.25) is 0 Å². The Labute approximate surface area is 378 Å². The fourth-order valence-corrected chi connectivity index (χ4v) is 9.67. The smallest absolute Gasteiger partial charge is 0.207 e. The fraction of sp³-hybridized carbons (Fsp3) is 0. The first-order valence-electron chi connectivity index (χ1n) is 18.0. The van der Waals surface area contributed by atoms with Gasteiger partial charge in [0, 0.05) is 0 Å². The highest BCUT2D eigenvalue weighted by Crippen LogP contribution is 2.33. The second-order valence-electron chi connectivity index (χ2n) is 13.8. The maximum atomic E-state index is 16.0. The zero-order chi connectivity index (χ0) is 49.8. The van der Waals surface area contributed by atoms with Crippen LogP contribution in [0.3, 0.4) is 0 Å². The van der Waals surface area contributed by atoms with Gasteiger partial charge >= 0.3 is 6.00 Å². The molecule has 0 aliphatic heterocycles. The molecule has 0 heterocycles. The van der Waals surface area contributed by atoms with E-state index in [1.165, 1.54) is 22.6 Å². The lowest BCUT2D eigenvalue weighted by Gasteiger charge is -2.45. The molecule has 0 aliphatic rings. The largest absolute Gasteiger partial charge is 0.379 e. The normalized spacial score (nSPS) is 11.7. The Morgan fingerprint density at radius 1 is 0.269 bits per heavy atom. The van der Waals surface area contributed by atoms with Crippen molar-refractivity contribution < 1.29 is 83.4 Å². The van der Waals surface area contributed by atoms with Gasteiger partial charge in [0.05, 0.1) is 27.8 Å². The molecule has 24 heteroatoms. The van der Waals surface area contributed by atoms with Crippen molar-refractivity contribution in [3.8, 4) is 0 Å². The number of hydrogen-bond donors (Lipinski definition) is 0. The first-order chi connectivity index (χ1) is 31.4. The van der Waals surface area contributed by atoms with Crippen molar-refractivity contribution in [2.24, 2.45) is 0 Å². The summed E-state index contributed by atoms with van der Waals surface area (Å²) in [4.78, 5) is 0. The van der Waals surface area contributed by atoms with Gasteiger partial charge < -0.3 is 0 Å². The fourth-order valence-electron chi connectivity index (χ4n) is 7.46. The van der Waals surface area contributed by atoms with Gasteiger partial charge in [-0.05, 0) is 72.8 Å². The zero-order valence-corrected chi connectivity index (χ0v) is 35.3. The molecule has 0 saturated heterocycles. The third kappa shape index (κ3) is 8.37. The highest BCUT2D eigenvalue weighted by Gasteiger charge is 2.53. The molecule has 0 saturated carbocycles. The average Bonchev–Trinajstić information content (AvgIpc) is 3.30.